The molecule has 2 aliphatic carbocycles. The molecule has 2 bridgehead atoms. The quantitative estimate of drug-likeness (QED) is 0.246. The third-order valence-corrected chi connectivity index (χ3v) is 10.9. The molecule has 1 amide bonds. The van der Waals surface area contributed by atoms with Gasteiger partial charge in [0.15, 0.2) is 5.82 Å². The Bertz CT molecular complexity index is 2430. The average molecular weight is 638 g/mol. The molecule has 3 aromatic carbocycles. The molecular formula is C38H35N7O3. The number of aryl methyl sites for hydroxylation is 1. The molecule has 0 spiro atoms. The number of methoxy groups -OCH3 is 1. The maximum atomic E-state index is 13.8. The molecular weight excluding hydrogens is 602 g/mol. The number of carbonyl (C=O) groups excluding carboxylic acids is 1. The first kappa shape index (κ1) is 28.8. The minimum absolute atomic E-state index is 0.0139. The van der Waals surface area contributed by atoms with Crippen molar-refractivity contribution in [2.24, 2.45) is 24.6 Å². The Morgan fingerprint density at radius 3 is 2.62 bits per heavy atom. The van der Waals surface area contributed by atoms with Crippen molar-refractivity contribution in [2.45, 2.75) is 44.3 Å². The van der Waals surface area contributed by atoms with Gasteiger partial charge in [0.1, 0.15) is 22.9 Å². The number of ether oxygens (including phenoxy) is 1. The van der Waals surface area contributed by atoms with E-state index in [-0.39, 0.29) is 29.0 Å². The van der Waals surface area contributed by atoms with Crippen LogP contribution in [-0.4, -0.2) is 55.6 Å². The van der Waals surface area contributed by atoms with Crippen molar-refractivity contribution in [3.8, 4) is 34.5 Å². The summed E-state index contributed by atoms with van der Waals surface area (Å²) in [4.78, 5) is 36.9. The van der Waals surface area contributed by atoms with Gasteiger partial charge in [0.2, 0.25) is 5.43 Å². The van der Waals surface area contributed by atoms with Crippen LogP contribution in [0.5, 0.6) is 5.75 Å². The van der Waals surface area contributed by atoms with Crippen LogP contribution in [0.25, 0.3) is 55.5 Å². The third-order valence-electron chi connectivity index (χ3n) is 10.9. The maximum absolute atomic E-state index is 13.8. The van der Waals surface area contributed by atoms with Crippen LogP contribution in [0.3, 0.4) is 0 Å². The molecule has 1 saturated heterocycles. The fourth-order valence-corrected chi connectivity index (χ4v) is 8.12. The number of aromatic amines is 1. The third kappa shape index (κ3) is 4.31. The summed E-state index contributed by atoms with van der Waals surface area (Å²) < 4.78 is 10.3. The summed E-state index contributed by atoms with van der Waals surface area (Å²) in [6, 6.07) is 20.2. The molecule has 10 heteroatoms. The smallest absolute Gasteiger partial charge is 0.254 e. The zero-order valence-electron chi connectivity index (χ0n) is 26.9. The second kappa shape index (κ2) is 10.6. The number of likely N-dealkylation sites (tertiary alicyclic amines) is 1. The van der Waals surface area contributed by atoms with Crippen molar-refractivity contribution < 1.29 is 9.53 Å². The van der Waals surface area contributed by atoms with Gasteiger partial charge in [0.25, 0.3) is 5.91 Å². The minimum atomic E-state index is -0.271. The van der Waals surface area contributed by atoms with E-state index in [2.05, 4.69) is 38.4 Å². The van der Waals surface area contributed by atoms with E-state index in [4.69, 9.17) is 15.5 Å². The first-order valence-electron chi connectivity index (χ1n) is 16.6. The van der Waals surface area contributed by atoms with Gasteiger partial charge in [-0.25, -0.2) is 4.98 Å². The van der Waals surface area contributed by atoms with Gasteiger partial charge < -0.3 is 29.5 Å². The first-order chi connectivity index (χ1) is 23.3. The lowest BCUT2D eigenvalue weighted by Gasteiger charge is -2.27. The van der Waals surface area contributed by atoms with Crippen molar-refractivity contribution >= 4 is 38.7 Å². The van der Waals surface area contributed by atoms with Crippen molar-refractivity contribution in [3.63, 3.8) is 0 Å². The highest BCUT2D eigenvalue weighted by Crippen LogP contribution is 2.41. The molecule has 6 aromatic rings. The second-order valence-corrected chi connectivity index (χ2v) is 13.7. The lowest BCUT2D eigenvalue weighted by atomic mass is 10.0. The molecule has 1 aliphatic heterocycles. The number of hydrogen-bond donors (Lipinski definition) is 2. The number of fused-ring (bicyclic) bond motifs is 5. The lowest BCUT2D eigenvalue weighted by Crippen LogP contribution is -2.41. The number of aromatic nitrogens is 4. The monoisotopic (exact) mass is 637 g/mol. The Labute approximate surface area is 276 Å². The average Bonchev–Trinajstić information content (AvgIpc) is 3.51. The van der Waals surface area contributed by atoms with Gasteiger partial charge in [-0.3, -0.25) is 9.59 Å². The second-order valence-electron chi connectivity index (χ2n) is 13.7. The number of nitriles is 1. The number of piperidine rings is 1. The summed E-state index contributed by atoms with van der Waals surface area (Å²) >= 11 is 0. The highest BCUT2D eigenvalue weighted by molar-refractivity contribution is 6.01. The Hall–Kier alpha value is -5.40. The number of nitrogens with one attached hydrogen (secondary N) is 1. The predicted octanol–water partition coefficient (Wildman–Crippen LogP) is 5.56. The van der Waals surface area contributed by atoms with E-state index in [9.17, 15) is 14.9 Å². The van der Waals surface area contributed by atoms with E-state index in [0.717, 1.165) is 58.5 Å². The van der Waals surface area contributed by atoms with Crippen LogP contribution in [0, 0.1) is 23.2 Å². The number of nitrogens with zero attached hydrogens (tertiary/aromatic N) is 5. The van der Waals surface area contributed by atoms with Crippen LogP contribution in [-0.2, 0) is 13.6 Å². The molecule has 2 saturated carbocycles. The van der Waals surface area contributed by atoms with Crippen LogP contribution >= 0.6 is 0 Å². The van der Waals surface area contributed by atoms with Gasteiger partial charge in [-0.15, -0.1) is 0 Å². The molecule has 3 aromatic heterocycles. The number of H-pyrrole nitrogens is 1. The molecule has 3 unspecified atom stereocenters. The zero-order chi connectivity index (χ0) is 32.8. The summed E-state index contributed by atoms with van der Waals surface area (Å²) in [5.74, 6) is 2.38. The summed E-state index contributed by atoms with van der Waals surface area (Å²) in [6.45, 7) is 1.57. The van der Waals surface area contributed by atoms with E-state index >= 15 is 0 Å². The molecule has 0 radical (unpaired) electrons. The van der Waals surface area contributed by atoms with E-state index in [1.807, 2.05) is 48.3 Å². The number of nitrogens with two attached hydrogens (primary N) is 1. The molecule has 10 nitrogen and oxygen atoms in total. The number of amides is 1. The topological polar surface area (TPSA) is 135 Å². The summed E-state index contributed by atoms with van der Waals surface area (Å²) in [7, 11) is 3.64. The Kier molecular flexibility index (Phi) is 6.33. The van der Waals surface area contributed by atoms with Crippen LogP contribution < -0.4 is 15.9 Å². The SMILES string of the molecule is COc1cc(C(=O)N2CC3CCC2C3N)cc2nc(-c3cc4ccc(-c5ccc6[nH]cc(C#N)c(=O)c6c5)cc4n3CC3CC3)n(C)c12. The Balaban J connectivity index is 1.16. The van der Waals surface area contributed by atoms with Crippen LogP contribution in [0.1, 0.15) is 41.6 Å². The molecule has 240 valence electrons. The van der Waals surface area contributed by atoms with Gasteiger partial charge >= 0.3 is 0 Å². The fourth-order valence-electron chi connectivity index (χ4n) is 8.12. The van der Waals surface area contributed by atoms with Gasteiger partial charge in [0.05, 0.1) is 18.3 Å². The number of benzene rings is 3. The van der Waals surface area contributed by atoms with Gasteiger partial charge in [-0.1, -0.05) is 18.2 Å². The summed E-state index contributed by atoms with van der Waals surface area (Å²) in [6.07, 6.45) is 5.89. The largest absolute Gasteiger partial charge is 0.494 e. The molecule has 4 heterocycles. The van der Waals surface area contributed by atoms with Gasteiger partial charge in [-0.05, 0) is 85.0 Å². The molecule has 3 atom stereocenters. The lowest BCUT2D eigenvalue weighted by molar-refractivity contribution is 0.0700. The van der Waals surface area contributed by atoms with Crippen molar-refractivity contribution in [3.05, 3.63) is 82.1 Å². The highest BCUT2D eigenvalue weighted by atomic mass is 16.5. The zero-order valence-corrected chi connectivity index (χ0v) is 26.9. The standard InChI is InChI=1S/C38H35N7O3/c1-43-35-29(12-25(15-33(35)48-2)38(47)45-19-24-8-10-30(45)34(24)40)42-37(43)32-14-23-6-5-22(13-31(23)44(32)18-20-3-4-20)21-7-9-28-27(11-21)36(46)26(16-39)17-41-28/h5-7,9,11-15,17,20,24,30,34H,3-4,8,10,18-19,40H2,1-2H3,(H,41,46). The number of carbonyl (C=O) groups is 1. The van der Waals surface area contributed by atoms with Crippen LogP contribution in [0.4, 0.5) is 0 Å². The van der Waals surface area contributed by atoms with E-state index < -0.39 is 0 Å². The predicted molar refractivity (Wildman–Crippen MR) is 185 cm³/mol. The maximum Gasteiger partial charge on any atom is 0.254 e. The normalized spacial score (nSPS) is 20.3. The Morgan fingerprint density at radius 1 is 1.08 bits per heavy atom. The molecule has 3 aliphatic rings. The van der Waals surface area contributed by atoms with Gasteiger partial charge in [0, 0.05) is 65.8 Å². The molecule has 3 fully saturated rings. The molecule has 3 N–H and O–H groups in total. The number of imidazole rings is 1. The fraction of sp³-hybridized carbons (Fsp3) is 0.316. The number of rotatable bonds is 6. The van der Waals surface area contributed by atoms with Crippen molar-refractivity contribution in [1.29, 1.82) is 5.26 Å². The van der Waals surface area contributed by atoms with Crippen molar-refractivity contribution in [2.75, 3.05) is 13.7 Å². The molecule has 48 heavy (non-hydrogen) atoms. The number of pyridine rings is 1. The van der Waals surface area contributed by atoms with Crippen LogP contribution in [0.2, 0.25) is 0 Å². The summed E-state index contributed by atoms with van der Waals surface area (Å²) in [5, 5.41) is 11.0. The van der Waals surface area contributed by atoms with Crippen molar-refractivity contribution in [1.82, 2.24) is 24.0 Å². The first-order valence-corrected chi connectivity index (χ1v) is 16.6. The number of hydrogen-bond acceptors (Lipinski definition) is 6. The summed E-state index contributed by atoms with van der Waals surface area (Å²) in [5.41, 5.74) is 13.1. The van der Waals surface area contributed by atoms with Gasteiger partial charge in [-0.2, -0.15) is 5.26 Å². The minimum Gasteiger partial charge on any atom is -0.494 e. The van der Waals surface area contributed by atoms with E-state index in [1.165, 1.54) is 19.0 Å². The van der Waals surface area contributed by atoms with Crippen LogP contribution in [0.15, 0.2) is 65.6 Å². The van der Waals surface area contributed by atoms with E-state index in [1.54, 1.807) is 7.11 Å². The Morgan fingerprint density at radius 2 is 1.90 bits per heavy atom. The highest BCUT2D eigenvalue weighted by Gasteiger charge is 2.47. The molecule has 9 rings (SSSR count). The van der Waals surface area contributed by atoms with E-state index in [0.29, 0.717) is 46.1 Å².